The van der Waals surface area contributed by atoms with Gasteiger partial charge in [-0.15, -0.1) is 0 Å². The van der Waals surface area contributed by atoms with E-state index >= 15 is 24.0 Å². The summed E-state index contributed by atoms with van der Waals surface area (Å²) in [7, 11) is -3.57. The molecule has 5 aromatic carbocycles. The number of phenols is 1. The number of nitrogens with one attached hydrogen (secondary N) is 18. The Hall–Kier alpha value is -14.6. The quantitative estimate of drug-likeness (QED) is 0.00730. The van der Waals surface area contributed by atoms with Crippen molar-refractivity contribution in [2.45, 2.75) is 219 Å². The predicted octanol–water partition coefficient (Wildman–Crippen LogP) is -8.30. The number of phenolic OH excluding ortho intramolecular Hbond substituents is 1. The third-order valence-electron chi connectivity index (χ3n) is 25.7. The van der Waals surface area contributed by atoms with Gasteiger partial charge in [0.1, 0.15) is 65.8 Å². The lowest BCUT2D eigenvalue weighted by atomic mass is 9.80. The van der Waals surface area contributed by atoms with Gasteiger partial charge in [-0.1, -0.05) is 78.9 Å². The Labute approximate surface area is 825 Å². The van der Waals surface area contributed by atoms with E-state index in [0.29, 0.717) is 21.9 Å². The summed E-state index contributed by atoms with van der Waals surface area (Å²) in [5, 5.41) is 117. The summed E-state index contributed by atoms with van der Waals surface area (Å²) in [5.41, 5.74) is 37.7. The number of nitrogens with zero attached hydrogens (tertiary/aromatic N) is 5. The third-order valence-corrected chi connectivity index (χ3v) is 25.7. The van der Waals surface area contributed by atoms with E-state index in [1.807, 2.05) is 12.1 Å². The first-order chi connectivity index (χ1) is 68.4. The zero-order valence-corrected chi connectivity index (χ0v) is 79.0. The van der Waals surface area contributed by atoms with Gasteiger partial charge in [0.05, 0.1) is 18.3 Å². The van der Waals surface area contributed by atoms with Crippen LogP contribution in [0.2, 0.25) is 0 Å². The minimum Gasteiger partial charge on any atom is -0.508 e. The highest BCUT2D eigenvalue weighted by molar-refractivity contribution is 6.59. The molecule has 5 saturated heterocycles. The maximum Gasteiger partial charge on any atom is 0.488 e. The first-order valence-electron chi connectivity index (χ1n) is 47.8. The monoisotopic (exact) mass is 1980 g/mol. The summed E-state index contributed by atoms with van der Waals surface area (Å²) < 4.78 is 0. The second-order valence-electron chi connectivity index (χ2n) is 36.5. The van der Waals surface area contributed by atoms with E-state index in [9.17, 15) is 68.4 Å². The lowest BCUT2D eigenvalue weighted by Gasteiger charge is -2.31. The normalized spacial score (nSPS) is 20.3. The van der Waals surface area contributed by atoms with Crippen molar-refractivity contribution in [2.24, 2.45) is 34.4 Å². The van der Waals surface area contributed by atoms with Gasteiger partial charge in [-0.2, -0.15) is 0 Å². The van der Waals surface area contributed by atoms with Gasteiger partial charge in [0.2, 0.25) is 65.0 Å². The number of primary amides is 1. The Bertz CT molecular complexity index is 5490. The van der Waals surface area contributed by atoms with Gasteiger partial charge in [0.25, 0.3) is 17.7 Å². The first-order valence-corrected chi connectivity index (χ1v) is 47.8. The molecule has 5 aliphatic heterocycles. The van der Waals surface area contributed by atoms with Gasteiger partial charge in [-0.25, -0.2) is 4.98 Å². The number of rotatable bonds is 49. The molecule has 0 spiro atoms. The van der Waals surface area contributed by atoms with Gasteiger partial charge in [0.15, 0.2) is 17.9 Å². The molecule has 0 aliphatic carbocycles. The molecule has 0 saturated carbocycles. The Morgan fingerprint density at radius 1 is 0.427 bits per heavy atom. The van der Waals surface area contributed by atoms with Crippen LogP contribution in [0, 0.1) is 16.2 Å². The molecule has 50 heteroatoms. The number of carbonyl (C=O) groups excluding carboxylic acids is 14. The van der Waals surface area contributed by atoms with Crippen molar-refractivity contribution in [3.8, 4) is 5.75 Å². The fourth-order valence-electron chi connectivity index (χ4n) is 18.3. The van der Waals surface area contributed by atoms with Crippen LogP contribution in [0.15, 0.2) is 134 Å². The van der Waals surface area contributed by atoms with Crippen LogP contribution < -0.4 is 125 Å². The number of unbranched alkanes of at least 4 members (excludes halogenated alkanes) is 4. The number of fused-ring (bicyclic) bond motifs is 1. The van der Waals surface area contributed by atoms with Crippen LogP contribution >= 0.6 is 0 Å². The predicted molar refractivity (Wildman–Crippen MR) is 526 cm³/mol. The molecule has 143 heavy (non-hydrogen) atoms. The van der Waals surface area contributed by atoms with E-state index in [2.05, 4.69) is 89.7 Å². The highest BCUT2D eigenvalue weighted by Gasteiger charge is 2.48. The Balaban J connectivity index is 0.904. The largest absolute Gasteiger partial charge is 0.508 e. The minimum absolute atomic E-state index is 0.00297. The van der Waals surface area contributed by atoms with E-state index < -0.39 is 194 Å². The SMILES string of the molecule is N=C(N)N[C@@H]1C[C@H](C(=O)N[C@@H](Cc2ccc(O)cc2)C(N)=O)N(C(=O)[C@H](CCCCNC(=O)c2cnccn2)NC(=O)[C@H](Cc2cccc3ccccc23)NC(=O)[C@H](CCCCNC(=O)[C@H](CCCCNC(=O)c2ccc(B(O)O)cc2)NC(=O)[C@H]2C[C@@H](N)CN2C(=O)[C@H]2C[C@@H](NC(=N)N)CN2)NC(=O)[C@H](CCCCNC(=O)c2ccc(B(O)O)cc2)NC(=O)[C@H]2C[C@@H](N)CN2C(=O)[C@H]2C[C@@H](NC(=N)N)CN2)C1. The zero-order chi connectivity index (χ0) is 103. The Kier molecular flexibility index (Phi) is 40.2. The van der Waals surface area contributed by atoms with Crippen LogP contribution in [0.5, 0.6) is 5.75 Å². The van der Waals surface area contributed by atoms with E-state index in [4.69, 9.17) is 50.6 Å². The summed E-state index contributed by atoms with van der Waals surface area (Å²) in [4.78, 5) is 217. The Morgan fingerprint density at radius 2 is 0.853 bits per heavy atom. The van der Waals surface area contributed by atoms with Crippen molar-refractivity contribution in [3.05, 3.63) is 162 Å². The smallest absolute Gasteiger partial charge is 0.488 e. The van der Waals surface area contributed by atoms with Gasteiger partial charge in [-0.3, -0.25) is 88.3 Å². The van der Waals surface area contributed by atoms with Crippen LogP contribution in [-0.4, -0.2) is 320 Å². The number of guanidine groups is 3. The van der Waals surface area contributed by atoms with Crippen molar-refractivity contribution in [1.29, 1.82) is 16.2 Å². The molecule has 766 valence electrons. The third kappa shape index (κ3) is 32.0. The molecule has 35 N–H and O–H groups in total. The molecule has 0 bridgehead atoms. The van der Waals surface area contributed by atoms with Crippen molar-refractivity contribution < 1.29 is 92.3 Å². The summed E-state index contributed by atoms with van der Waals surface area (Å²) in [5.74, 6) is -11.7. The fraction of sp³-hybridized carbons (Fsp3) is 0.473. The molecule has 11 rings (SSSR count). The molecule has 6 heterocycles. The zero-order valence-electron chi connectivity index (χ0n) is 79.0. The molecule has 16 atom stereocenters. The summed E-state index contributed by atoms with van der Waals surface area (Å²) >= 11 is 0. The highest BCUT2D eigenvalue weighted by atomic mass is 16.4. The molecule has 6 aromatic rings. The fourth-order valence-corrected chi connectivity index (χ4v) is 18.3. The number of hydrogen-bond acceptors (Lipinski definition) is 28. The summed E-state index contributed by atoms with van der Waals surface area (Å²) in [6, 6.07) is 11.5. The van der Waals surface area contributed by atoms with Crippen LogP contribution in [0.4, 0.5) is 0 Å². The van der Waals surface area contributed by atoms with Crippen molar-refractivity contribution in [2.75, 3.05) is 58.9 Å². The molecule has 0 unspecified atom stereocenters. The minimum atomic E-state index is -1.80. The second-order valence-corrected chi connectivity index (χ2v) is 36.5. The van der Waals surface area contributed by atoms with E-state index in [-0.39, 0.29) is 232 Å². The second kappa shape index (κ2) is 52.8. The number of hydrogen-bond donors (Lipinski definition) is 29. The van der Waals surface area contributed by atoms with E-state index in [1.54, 1.807) is 30.3 Å². The van der Waals surface area contributed by atoms with Gasteiger partial charge >= 0.3 is 14.2 Å². The number of aromatic hydroxyl groups is 1. The standard InChI is InChI=1S/C93H129B2N29O19/c96-58-40-74(122(48-58)89(138)71-42-60(45-111-71)113-91(99)100)85(134)117-65(16-3-7-32-107-78(127)53-22-26-56(27-23-53)94(140)141)80(129)109-34-9-5-17-66(116-82(131)67(18-4-8-33-108-79(128)54-24-28-57(29-25-54)95(142)143)118-86(135)75-41-59(97)49-123(75)90(139)72-43-61(46-112-72)114-92(101)102)83(132)121-70(39-55-14-11-13-52-12-1-2-15-64(52)55)84(133)119-68(19-6-10-35-110-81(130)73-47-105-36-37-106-73)88(137)124-50-62(115-93(103)104)44-76(124)87(136)120-69(77(98)126)38-51-20-30-63(125)31-21-51/h1-2,11-15,20-31,36-37,47,58-62,65-72,74-76,111-112,125,140-143H,3-10,16-19,32-35,38-46,48-50,96-97H2,(H2,98,126)(H,107,127)(H,108,128)(H,109,129)(H,110,130)(H,116,131)(H,117,134)(H,118,135)(H,119,133)(H,120,136)(H,121,132)(H4,99,100,113)(H4,101,102,114)(H4,103,104,115)/t58-,59-,60-,61-,62-,65+,66+,67+,68+,69+,70+,71-,72-,74-,75-,76-/m1/s1. The number of benzene rings is 5. The topological polar surface area (TPSA) is 784 Å². The van der Waals surface area contributed by atoms with Crippen molar-refractivity contribution in [1.82, 2.24) is 104 Å². The maximum atomic E-state index is 16.1. The average Bonchev–Trinajstić information content (AvgIpc) is 1.09. The number of amides is 14. The highest BCUT2D eigenvalue weighted by Crippen LogP contribution is 2.28. The van der Waals surface area contributed by atoms with Crippen LogP contribution in [0.1, 0.15) is 151 Å². The number of aromatic nitrogens is 2. The molecule has 5 fully saturated rings. The van der Waals surface area contributed by atoms with Gasteiger partial charge in [0, 0.05) is 125 Å². The average molecular weight is 1980 g/mol. The van der Waals surface area contributed by atoms with Gasteiger partial charge < -0.3 is 154 Å². The summed E-state index contributed by atoms with van der Waals surface area (Å²) in [6.45, 7) is 0.0460. The molecule has 5 aliphatic rings. The lowest BCUT2D eigenvalue weighted by Crippen LogP contribution is -2.60. The molecule has 48 nitrogen and oxygen atoms in total. The number of nitrogens with two attached hydrogens (primary N) is 6. The summed E-state index contributed by atoms with van der Waals surface area (Å²) in [6.07, 6.45) is 3.86. The Morgan fingerprint density at radius 3 is 1.34 bits per heavy atom. The van der Waals surface area contributed by atoms with E-state index in [0.717, 1.165) is 4.90 Å². The van der Waals surface area contributed by atoms with Crippen molar-refractivity contribution in [3.63, 3.8) is 0 Å². The van der Waals surface area contributed by atoms with Crippen LogP contribution in [-0.2, 0) is 65.6 Å². The maximum absolute atomic E-state index is 16.1. The van der Waals surface area contributed by atoms with Gasteiger partial charge in [-0.05, 0) is 178 Å². The van der Waals surface area contributed by atoms with E-state index in [1.165, 1.54) is 101 Å². The lowest BCUT2D eigenvalue weighted by molar-refractivity contribution is -0.142. The number of likely N-dealkylation sites (tertiary alicyclic amines) is 3. The van der Waals surface area contributed by atoms with Crippen LogP contribution in [0.3, 0.4) is 0 Å². The molecule has 0 radical (unpaired) electrons. The molecular weight excluding hydrogens is 1850 g/mol. The molecule has 14 amide bonds. The first kappa shape index (κ1) is 109. The molecular formula is C93H129B2N29O19. The number of carbonyl (C=O) groups is 14. The molecule has 1 aromatic heterocycles. The van der Waals surface area contributed by atoms with Crippen molar-refractivity contribution >= 4 is 137 Å². The van der Waals surface area contributed by atoms with Crippen LogP contribution in [0.25, 0.3) is 10.8 Å².